The number of aliphatic hydroxyl groups is 1. The third kappa shape index (κ3) is 3.35. The topological polar surface area (TPSA) is 49.8 Å². The van der Waals surface area contributed by atoms with Crippen molar-refractivity contribution in [2.75, 3.05) is 19.7 Å². The molecule has 1 saturated heterocycles. The van der Waals surface area contributed by atoms with Gasteiger partial charge in [-0.1, -0.05) is 18.2 Å². The van der Waals surface area contributed by atoms with Gasteiger partial charge in [0.2, 0.25) is 5.91 Å². The summed E-state index contributed by atoms with van der Waals surface area (Å²) >= 11 is 0. The molecule has 1 aliphatic heterocycles. The van der Waals surface area contributed by atoms with E-state index in [0.717, 1.165) is 12.8 Å². The second kappa shape index (κ2) is 7.26. The fourth-order valence-corrected chi connectivity index (χ4v) is 4.10. The second-order valence-electron chi connectivity index (χ2n) is 7.06. The molecule has 2 unspecified atom stereocenters. The standard InChI is InChI=1S/C20H26FNO3/c1-3-25-18-13-17(23)20(18)8-10-22(11-9-20)19(24)12-14(2)15-6-4-5-7-16(15)21/h4-7,12,17-18,23H,3,8-11,13H2,1-2H3/b14-12-. The zero-order chi connectivity index (χ0) is 18.0. The van der Waals surface area contributed by atoms with Crippen molar-refractivity contribution in [2.24, 2.45) is 5.41 Å². The lowest BCUT2D eigenvalue weighted by molar-refractivity contribution is -0.209. The Bertz CT molecular complexity index is 663. The summed E-state index contributed by atoms with van der Waals surface area (Å²) < 4.78 is 19.6. The van der Waals surface area contributed by atoms with Crippen molar-refractivity contribution >= 4 is 11.5 Å². The van der Waals surface area contributed by atoms with Gasteiger partial charge in [0.25, 0.3) is 0 Å². The number of aliphatic hydroxyl groups excluding tert-OH is 1. The van der Waals surface area contributed by atoms with E-state index < -0.39 is 0 Å². The van der Waals surface area contributed by atoms with Crippen LogP contribution in [0.15, 0.2) is 30.3 Å². The smallest absolute Gasteiger partial charge is 0.246 e. The number of benzene rings is 1. The maximum atomic E-state index is 13.8. The summed E-state index contributed by atoms with van der Waals surface area (Å²) in [6.45, 7) is 5.56. The summed E-state index contributed by atoms with van der Waals surface area (Å²) in [5.41, 5.74) is 0.881. The van der Waals surface area contributed by atoms with Crippen LogP contribution in [0, 0.1) is 11.2 Å². The van der Waals surface area contributed by atoms with Crippen molar-refractivity contribution in [3.8, 4) is 0 Å². The fourth-order valence-electron chi connectivity index (χ4n) is 4.10. The molecule has 5 heteroatoms. The molecule has 1 aromatic rings. The van der Waals surface area contributed by atoms with Gasteiger partial charge in [-0.2, -0.15) is 0 Å². The molecule has 1 amide bonds. The Kier molecular flexibility index (Phi) is 5.25. The first-order valence-corrected chi connectivity index (χ1v) is 8.99. The average Bonchev–Trinajstić information content (AvgIpc) is 2.62. The van der Waals surface area contributed by atoms with Gasteiger partial charge in [0, 0.05) is 43.2 Å². The molecular formula is C20H26FNO3. The maximum absolute atomic E-state index is 13.8. The number of carbonyl (C=O) groups is 1. The summed E-state index contributed by atoms with van der Waals surface area (Å²) in [6, 6.07) is 6.47. The van der Waals surface area contributed by atoms with Crippen molar-refractivity contribution in [1.29, 1.82) is 0 Å². The minimum absolute atomic E-state index is 0.0976. The number of allylic oxidation sites excluding steroid dienone is 1. The Hall–Kier alpha value is -1.72. The normalized spacial score (nSPS) is 25.8. The fraction of sp³-hybridized carbons (Fsp3) is 0.550. The number of nitrogens with zero attached hydrogens (tertiary/aromatic N) is 1. The first kappa shape index (κ1) is 18.1. The highest BCUT2D eigenvalue weighted by molar-refractivity contribution is 5.95. The zero-order valence-corrected chi connectivity index (χ0v) is 14.9. The van der Waals surface area contributed by atoms with Crippen LogP contribution in [0.5, 0.6) is 0 Å². The molecule has 0 aromatic heterocycles. The number of likely N-dealkylation sites (tertiary alicyclic amines) is 1. The summed E-state index contributed by atoms with van der Waals surface area (Å²) in [6.07, 6.45) is 3.45. The Balaban J connectivity index is 1.64. The molecule has 0 radical (unpaired) electrons. The maximum Gasteiger partial charge on any atom is 0.246 e. The zero-order valence-electron chi connectivity index (χ0n) is 14.9. The van der Waals surface area contributed by atoms with Crippen molar-refractivity contribution in [2.45, 2.75) is 45.3 Å². The number of amides is 1. The number of halogens is 1. The van der Waals surface area contributed by atoms with Gasteiger partial charge in [-0.05, 0) is 38.3 Å². The number of piperidine rings is 1. The first-order valence-electron chi connectivity index (χ1n) is 8.99. The molecule has 2 atom stereocenters. The van der Waals surface area contributed by atoms with Gasteiger partial charge in [0.1, 0.15) is 5.82 Å². The second-order valence-corrected chi connectivity index (χ2v) is 7.06. The highest BCUT2D eigenvalue weighted by atomic mass is 19.1. The van der Waals surface area contributed by atoms with E-state index in [4.69, 9.17) is 4.74 Å². The van der Waals surface area contributed by atoms with Crippen molar-refractivity contribution in [1.82, 2.24) is 4.90 Å². The van der Waals surface area contributed by atoms with Crippen LogP contribution < -0.4 is 0 Å². The van der Waals surface area contributed by atoms with Gasteiger partial charge in [-0.3, -0.25) is 4.79 Å². The predicted molar refractivity (Wildman–Crippen MR) is 94.3 cm³/mol. The molecule has 3 rings (SSSR count). The molecule has 1 heterocycles. The van der Waals surface area contributed by atoms with Crippen LogP contribution in [0.2, 0.25) is 0 Å². The van der Waals surface area contributed by atoms with Gasteiger partial charge in [-0.15, -0.1) is 0 Å². The van der Waals surface area contributed by atoms with Crippen LogP contribution in [0.1, 0.15) is 38.7 Å². The summed E-state index contributed by atoms with van der Waals surface area (Å²) in [5, 5.41) is 10.2. The van der Waals surface area contributed by atoms with Crippen molar-refractivity contribution < 1.29 is 19.0 Å². The van der Waals surface area contributed by atoms with Crippen molar-refractivity contribution in [3.05, 3.63) is 41.7 Å². The molecule has 136 valence electrons. The van der Waals surface area contributed by atoms with Gasteiger partial charge >= 0.3 is 0 Å². The van der Waals surface area contributed by atoms with E-state index in [9.17, 15) is 14.3 Å². The van der Waals surface area contributed by atoms with Crippen LogP contribution in [0.3, 0.4) is 0 Å². The molecular weight excluding hydrogens is 321 g/mol. The van der Waals surface area contributed by atoms with E-state index in [1.165, 1.54) is 12.1 Å². The van der Waals surface area contributed by atoms with E-state index >= 15 is 0 Å². The number of carbonyl (C=O) groups excluding carboxylic acids is 1. The average molecular weight is 347 g/mol. The molecule has 25 heavy (non-hydrogen) atoms. The molecule has 1 saturated carbocycles. The van der Waals surface area contributed by atoms with Crippen LogP contribution in [0.25, 0.3) is 5.57 Å². The highest BCUT2D eigenvalue weighted by Gasteiger charge is 2.56. The third-order valence-electron chi connectivity index (χ3n) is 5.75. The lowest BCUT2D eigenvalue weighted by Gasteiger charge is -2.56. The Labute approximate surface area is 148 Å². The van der Waals surface area contributed by atoms with Gasteiger partial charge in [-0.25, -0.2) is 4.39 Å². The van der Waals surface area contributed by atoms with E-state index in [1.54, 1.807) is 30.0 Å². The molecule has 1 aliphatic carbocycles. The molecule has 2 aliphatic rings. The third-order valence-corrected chi connectivity index (χ3v) is 5.75. The molecule has 2 fully saturated rings. The minimum atomic E-state index is -0.336. The van der Waals surface area contributed by atoms with Gasteiger partial charge in [0.05, 0.1) is 12.2 Å². The molecule has 1 aromatic carbocycles. The monoisotopic (exact) mass is 347 g/mol. The van der Waals surface area contributed by atoms with Gasteiger partial charge < -0.3 is 14.7 Å². The largest absolute Gasteiger partial charge is 0.392 e. The van der Waals surface area contributed by atoms with Gasteiger partial charge in [0.15, 0.2) is 0 Å². The SMILES string of the molecule is CCOC1CC(O)C12CCN(C(=O)/C=C(/C)c1ccccc1F)CC2. The van der Waals surface area contributed by atoms with E-state index in [-0.39, 0.29) is 29.3 Å². The molecule has 0 bridgehead atoms. The molecule has 1 N–H and O–H groups in total. The van der Waals surface area contributed by atoms with Crippen LogP contribution in [-0.2, 0) is 9.53 Å². The van der Waals surface area contributed by atoms with E-state index in [1.807, 2.05) is 6.92 Å². The van der Waals surface area contributed by atoms with E-state index in [2.05, 4.69) is 0 Å². The molecule has 4 nitrogen and oxygen atoms in total. The lowest BCUT2D eigenvalue weighted by Crippen LogP contribution is -2.62. The van der Waals surface area contributed by atoms with E-state index in [0.29, 0.717) is 37.3 Å². The van der Waals surface area contributed by atoms with Crippen LogP contribution in [0.4, 0.5) is 4.39 Å². The summed E-state index contributed by atoms with van der Waals surface area (Å²) in [7, 11) is 0. The number of rotatable bonds is 4. The Morgan fingerprint density at radius 2 is 2.08 bits per heavy atom. The highest BCUT2D eigenvalue weighted by Crippen LogP contribution is 2.50. The van der Waals surface area contributed by atoms with Crippen LogP contribution in [-0.4, -0.2) is 47.8 Å². The predicted octanol–water partition coefficient (Wildman–Crippen LogP) is 3.01. The first-order chi connectivity index (χ1) is 12.0. The van der Waals surface area contributed by atoms with Crippen molar-refractivity contribution in [3.63, 3.8) is 0 Å². The number of hydrogen-bond donors (Lipinski definition) is 1. The quantitative estimate of drug-likeness (QED) is 0.852. The lowest BCUT2D eigenvalue weighted by atomic mass is 9.58. The number of ether oxygens (including phenoxy) is 1. The summed E-state index contributed by atoms with van der Waals surface area (Å²) in [4.78, 5) is 14.3. The Morgan fingerprint density at radius 1 is 1.40 bits per heavy atom. The molecule has 1 spiro atoms. The minimum Gasteiger partial charge on any atom is -0.392 e. The van der Waals surface area contributed by atoms with Crippen LogP contribution >= 0.6 is 0 Å². The number of hydrogen-bond acceptors (Lipinski definition) is 3. The summed E-state index contributed by atoms with van der Waals surface area (Å²) in [5.74, 6) is -0.420. The Morgan fingerprint density at radius 3 is 2.68 bits per heavy atom.